The Kier molecular flexibility index (Phi) is 10.1. The summed E-state index contributed by atoms with van der Waals surface area (Å²) in [7, 11) is 0. The van der Waals surface area contributed by atoms with E-state index in [1.165, 1.54) is 19.3 Å². The van der Waals surface area contributed by atoms with Crippen LogP contribution in [0, 0.1) is 11.3 Å². The van der Waals surface area contributed by atoms with E-state index in [-0.39, 0.29) is 11.5 Å². The largest absolute Gasteiger partial charge is 0.372 e. The third-order valence-corrected chi connectivity index (χ3v) is 4.26. The third kappa shape index (κ3) is 7.43. The zero-order chi connectivity index (χ0) is 18.5. The molecule has 0 heterocycles. The number of hydrogen-bond acceptors (Lipinski definition) is 3. The van der Waals surface area contributed by atoms with Crippen LogP contribution >= 0.6 is 0 Å². The van der Waals surface area contributed by atoms with Crippen molar-refractivity contribution in [2.75, 3.05) is 24.5 Å². The van der Waals surface area contributed by atoms with Gasteiger partial charge in [0.1, 0.15) is 11.6 Å². The number of carbonyl (C=O) groups is 1. The molecule has 1 amide bonds. The van der Waals surface area contributed by atoms with E-state index in [1.54, 1.807) is 6.08 Å². The number of benzene rings is 1. The molecule has 0 radical (unpaired) electrons. The fraction of sp³-hybridized carbons (Fsp3) is 0.524. The first-order valence-corrected chi connectivity index (χ1v) is 9.41. The van der Waals surface area contributed by atoms with Crippen molar-refractivity contribution >= 4 is 17.7 Å². The molecule has 0 bridgehead atoms. The zero-order valence-electron chi connectivity index (χ0n) is 15.8. The van der Waals surface area contributed by atoms with Crippen LogP contribution in [0.4, 0.5) is 5.69 Å². The van der Waals surface area contributed by atoms with Gasteiger partial charge < -0.3 is 10.2 Å². The van der Waals surface area contributed by atoms with Gasteiger partial charge in [-0.3, -0.25) is 4.79 Å². The molecule has 0 atom stereocenters. The van der Waals surface area contributed by atoms with E-state index in [1.807, 2.05) is 30.3 Å². The van der Waals surface area contributed by atoms with Gasteiger partial charge in [0.2, 0.25) is 0 Å². The lowest BCUT2D eigenvalue weighted by Crippen LogP contribution is -2.25. The summed E-state index contributed by atoms with van der Waals surface area (Å²) >= 11 is 0. The molecule has 0 aliphatic carbocycles. The van der Waals surface area contributed by atoms with E-state index < -0.39 is 0 Å². The van der Waals surface area contributed by atoms with Crippen molar-refractivity contribution in [1.82, 2.24) is 5.32 Å². The fourth-order valence-electron chi connectivity index (χ4n) is 2.71. The molecule has 1 N–H and O–H groups in total. The molecule has 136 valence electrons. The zero-order valence-corrected chi connectivity index (χ0v) is 15.8. The number of nitrogens with one attached hydrogen (secondary N) is 1. The SMILES string of the molecule is CCCCCCCNC(=O)/C(C#N)=C/c1ccc(N(CC)CC)cc1. The maximum absolute atomic E-state index is 12.1. The van der Waals surface area contributed by atoms with Crippen molar-refractivity contribution in [1.29, 1.82) is 5.26 Å². The number of anilines is 1. The molecule has 0 aliphatic heterocycles. The Hall–Kier alpha value is -2.28. The van der Waals surface area contributed by atoms with Crippen LogP contribution in [-0.2, 0) is 4.79 Å². The first-order valence-electron chi connectivity index (χ1n) is 9.41. The standard InChI is InChI=1S/C21H31N3O/c1-4-7-8-9-10-15-23-21(25)19(17-22)16-18-11-13-20(14-12-18)24(5-2)6-3/h11-14,16H,4-10,15H2,1-3H3,(H,23,25)/b19-16+. The van der Waals surface area contributed by atoms with Gasteiger partial charge in [0.05, 0.1) is 0 Å². The topological polar surface area (TPSA) is 56.1 Å². The lowest BCUT2D eigenvalue weighted by Gasteiger charge is -2.20. The van der Waals surface area contributed by atoms with Gasteiger partial charge in [-0.05, 0) is 44.0 Å². The first-order chi connectivity index (χ1) is 12.2. The quantitative estimate of drug-likeness (QED) is 0.365. The van der Waals surface area contributed by atoms with Crippen molar-refractivity contribution in [3.05, 3.63) is 35.4 Å². The molecule has 0 unspecified atom stereocenters. The second-order valence-electron chi connectivity index (χ2n) is 6.10. The van der Waals surface area contributed by atoms with E-state index in [0.29, 0.717) is 6.54 Å². The second kappa shape index (κ2) is 12.1. The van der Waals surface area contributed by atoms with Gasteiger partial charge >= 0.3 is 0 Å². The van der Waals surface area contributed by atoms with Gasteiger partial charge in [0.15, 0.2) is 0 Å². The van der Waals surface area contributed by atoms with Gasteiger partial charge in [-0.2, -0.15) is 5.26 Å². The van der Waals surface area contributed by atoms with Crippen LogP contribution < -0.4 is 10.2 Å². The van der Waals surface area contributed by atoms with E-state index in [9.17, 15) is 10.1 Å². The number of carbonyl (C=O) groups excluding carboxylic acids is 1. The summed E-state index contributed by atoms with van der Waals surface area (Å²) in [4.78, 5) is 14.4. The maximum atomic E-state index is 12.1. The highest BCUT2D eigenvalue weighted by atomic mass is 16.1. The highest BCUT2D eigenvalue weighted by molar-refractivity contribution is 6.01. The molecule has 0 aromatic heterocycles. The predicted molar refractivity (Wildman–Crippen MR) is 105 cm³/mol. The molecule has 0 aliphatic rings. The van der Waals surface area contributed by atoms with Crippen LogP contribution in [0.5, 0.6) is 0 Å². The van der Waals surface area contributed by atoms with Crippen LogP contribution in [0.1, 0.15) is 58.4 Å². The number of hydrogen-bond donors (Lipinski definition) is 1. The molecule has 0 saturated carbocycles. The Morgan fingerprint density at radius 1 is 1.08 bits per heavy atom. The Balaban J connectivity index is 2.60. The molecule has 1 aromatic rings. The minimum Gasteiger partial charge on any atom is -0.372 e. The minimum absolute atomic E-state index is 0.157. The smallest absolute Gasteiger partial charge is 0.261 e. The van der Waals surface area contributed by atoms with Crippen molar-refractivity contribution < 1.29 is 4.79 Å². The lowest BCUT2D eigenvalue weighted by molar-refractivity contribution is -0.117. The van der Waals surface area contributed by atoms with Crippen LogP contribution in [0.3, 0.4) is 0 Å². The molecule has 1 rings (SSSR count). The maximum Gasteiger partial charge on any atom is 0.261 e. The van der Waals surface area contributed by atoms with Gasteiger partial charge in [-0.25, -0.2) is 0 Å². The molecule has 1 aromatic carbocycles. The molecule has 0 saturated heterocycles. The average Bonchev–Trinajstić information content (AvgIpc) is 2.64. The molecule has 0 fully saturated rings. The number of nitriles is 1. The summed E-state index contributed by atoms with van der Waals surface area (Å²) in [5, 5.41) is 12.1. The third-order valence-electron chi connectivity index (χ3n) is 4.26. The van der Waals surface area contributed by atoms with E-state index in [0.717, 1.165) is 37.2 Å². The molecular weight excluding hydrogens is 310 g/mol. The van der Waals surface area contributed by atoms with Crippen molar-refractivity contribution in [2.45, 2.75) is 52.9 Å². The van der Waals surface area contributed by atoms with Gasteiger partial charge in [0.25, 0.3) is 5.91 Å². The minimum atomic E-state index is -0.286. The molecule has 0 spiro atoms. The summed E-state index contributed by atoms with van der Waals surface area (Å²) < 4.78 is 0. The first kappa shape index (κ1) is 20.8. The Morgan fingerprint density at radius 3 is 2.28 bits per heavy atom. The average molecular weight is 341 g/mol. The highest BCUT2D eigenvalue weighted by Gasteiger charge is 2.08. The summed E-state index contributed by atoms with van der Waals surface area (Å²) in [6, 6.07) is 9.96. The number of unbranched alkanes of at least 4 members (excludes halogenated alkanes) is 4. The second-order valence-corrected chi connectivity index (χ2v) is 6.10. The van der Waals surface area contributed by atoms with Crippen LogP contribution in [0.2, 0.25) is 0 Å². The fourth-order valence-corrected chi connectivity index (χ4v) is 2.71. The van der Waals surface area contributed by atoms with E-state index in [2.05, 4.69) is 31.0 Å². The lowest BCUT2D eigenvalue weighted by atomic mass is 10.1. The summed E-state index contributed by atoms with van der Waals surface area (Å²) in [6.45, 7) is 8.96. The Bertz CT molecular complexity index is 580. The normalized spacial score (nSPS) is 11.0. The predicted octanol–water partition coefficient (Wildman–Crippen LogP) is 4.53. The van der Waals surface area contributed by atoms with Gasteiger partial charge in [-0.15, -0.1) is 0 Å². The molecule has 4 heteroatoms. The van der Waals surface area contributed by atoms with Crippen molar-refractivity contribution in [2.24, 2.45) is 0 Å². The van der Waals surface area contributed by atoms with Crippen LogP contribution in [0.25, 0.3) is 6.08 Å². The van der Waals surface area contributed by atoms with Crippen molar-refractivity contribution in [3.63, 3.8) is 0 Å². The number of amides is 1. The molecule has 4 nitrogen and oxygen atoms in total. The molecular formula is C21H31N3O. The summed E-state index contributed by atoms with van der Waals surface area (Å²) in [6.07, 6.45) is 7.38. The monoisotopic (exact) mass is 341 g/mol. The number of nitrogens with zero attached hydrogens (tertiary/aromatic N) is 2. The summed E-state index contributed by atoms with van der Waals surface area (Å²) in [5.74, 6) is -0.286. The van der Waals surface area contributed by atoms with Crippen LogP contribution in [-0.4, -0.2) is 25.5 Å². The summed E-state index contributed by atoms with van der Waals surface area (Å²) in [5.41, 5.74) is 2.17. The van der Waals surface area contributed by atoms with E-state index in [4.69, 9.17) is 0 Å². The highest BCUT2D eigenvalue weighted by Crippen LogP contribution is 2.16. The van der Waals surface area contributed by atoms with Gasteiger partial charge in [-0.1, -0.05) is 44.7 Å². The van der Waals surface area contributed by atoms with Crippen molar-refractivity contribution in [3.8, 4) is 6.07 Å². The van der Waals surface area contributed by atoms with Crippen LogP contribution in [0.15, 0.2) is 29.8 Å². The number of rotatable bonds is 11. The Labute approximate surface area is 152 Å². The molecule has 25 heavy (non-hydrogen) atoms. The Morgan fingerprint density at radius 2 is 1.72 bits per heavy atom. The van der Waals surface area contributed by atoms with E-state index >= 15 is 0 Å². The van der Waals surface area contributed by atoms with Gasteiger partial charge in [0, 0.05) is 25.3 Å².